The van der Waals surface area contributed by atoms with Gasteiger partial charge in [0.1, 0.15) is 17.6 Å². The minimum absolute atomic E-state index is 0.0401. The number of carbonyl (C=O) groups is 2. The molecule has 1 unspecified atom stereocenters. The molecule has 1 aliphatic rings. The van der Waals surface area contributed by atoms with E-state index in [4.69, 9.17) is 27.9 Å². The van der Waals surface area contributed by atoms with Crippen LogP contribution in [-0.4, -0.2) is 28.7 Å². The van der Waals surface area contributed by atoms with Crippen LogP contribution < -0.4 is 15.4 Å². The highest BCUT2D eigenvalue weighted by atomic mass is 35.5. The topological polar surface area (TPSA) is 85.2 Å². The minimum Gasteiger partial charge on any atom is -0.497 e. The third-order valence-corrected chi connectivity index (χ3v) is 5.51. The zero-order valence-electron chi connectivity index (χ0n) is 16.2. The molecule has 0 saturated heterocycles. The zero-order chi connectivity index (χ0) is 21.4. The van der Waals surface area contributed by atoms with Gasteiger partial charge in [0.2, 0.25) is 11.8 Å². The Morgan fingerprint density at radius 3 is 2.67 bits per heavy atom. The fourth-order valence-electron chi connectivity index (χ4n) is 3.37. The molecule has 2 heterocycles. The summed E-state index contributed by atoms with van der Waals surface area (Å²) in [7, 11) is 1.53. The first-order valence-electron chi connectivity index (χ1n) is 9.16. The van der Waals surface area contributed by atoms with Crippen molar-refractivity contribution in [1.82, 2.24) is 9.78 Å². The number of aromatic nitrogens is 2. The number of fused-ring (bicyclic) bond motifs is 1. The second-order valence-corrected chi connectivity index (χ2v) is 7.72. The van der Waals surface area contributed by atoms with E-state index in [9.17, 15) is 9.59 Å². The molecule has 2 aromatic carbocycles. The van der Waals surface area contributed by atoms with Crippen molar-refractivity contribution < 1.29 is 14.3 Å². The Morgan fingerprint density at radius 2 is 1.97 bits per heavy atom. The van der Waals surface area contributed by atoms with E-state index in [-0.39, 0.29) is 12.3 Å². The average Bonchev–Trinajstić information content (AvgIpc) is 3.06. The molecule has 3 aromatic rings. The van der Waals surface area contributed by atoms with Crippen LogP contribution in [0.5, 0.6) is 5.75 Å². The summed E-state index contributed by atoms with van der Waals surface area (Å²) in [6.07, 6.45) is -0.0401. The van der Waals surface area contributed by atoms with Crippen molar-refractivity contribution in [3.63, 3.8) is 0 Å². The van der Waals surface area contributed by atoms with Crippen molar-refractivity contribution in [2.75, 3.05) is 17.7 Å². The van der Waals surface area contributed by atoms with Gasteiger partial charge in [0.15, 0.2) is 0 Å². The Labute approximate surface area is 182 Å². The Balaban J connectivity index is 1.69. The van der Waals surface area contributed by atoms with Crippen LogP contribution in [0.3, 0.4) is 0 Å². The molecule has 0 saturated carbocycles. The van der Waals surface area contributed by atoms with Gasteiger partial charge in [0, 0.05) is 22.2 Å². The fraction of sp³-hybridized carbons (Fsp3) is 0.190. The van der Waals surface area contributed by atoms with Crippen molar-refractivity contribution >= 4 is 46.5 Å². The predicted octanol–water partition coefficient (Wildman–Crippen LogP) is 4.70. The molecule has 30 heavy (non-hydrogen) atoms. The molecule has 4 rings (SSSR count). The van der Waals surface area contributed by atoms with Crippen LogP contribution in [0.1, 0.15) is 18.0 Å². The third kappa shape index (κ3) is 3.74. The fourth-order valence-corrected chi connectivity index (χ4v) is 3.66. The Morgan fingerprint density at radius 1 is 1.23 bits per heavy atom. The van der Waals surface area contributed by atoms with Gasteiger partial charge in [0.25, 0.3) is 0 Å². The molecule has 0 radical (unpaired) electrons. The molecule has 0 bridgehead atoms. The smallest absolute Gasteiger partial charge is 0.249 e. The first-order chi connectivity index (χ1) is 14.4. The summed E-state index contributed by atoms with van der Waals surface area (Å²) < 4.78 is 6.73. The highest BCUT2D eigenvalue weighted by Crippen LogP contribution is 2.35. The molecule has 1 aromatic heterocycles. The molecule has 2 N–H and O–H groups in total. The standard InChI is InChI=1S/C21H18Cl2N4O3/c1-11-19(12-3-5-13(22)6-4-12)26-27-17(10-18(28)25-20(11)27)21(29)24-16-9-14(30-2)7-8-15(16)23/h3-9,17H,10H2,1-2H3,(H,24,29)(H,25,28). The molecule has 0 fully saturated rings. The summed E-state index contributed by atoms with van der Waals surface area (Å²) in [6.45, 7) is 1.85. The molecular formula is C21H18Cl2N4O3. The van der Waals surface area contributed by atoms with Crippen LogP contribution in [0.15, 0.2) is 42.5 Å². The number of anilines is 2. The van der Waals surface area contributed by atoms with E-state index in [1.807, 2.05) is 19.1 Å². The summed E-state index contributed by atoms with van der Waals surface area (Å²) in [5, 5.41) is 11.2. The maximum Gasteiger partial charge on any atom is 0.249 e. The molecule has 0 aliphatic carbocycles. The molecule has 1 atom stereocenters. The number of benzene rings is 2. The van der Waals surface area contributed by atoms with Gasteiger partial charge >= 0.3 is 0 Å². The van der Waals surface area contributed by atoms with Crippen molar-refractivity contribution in [1.29, 1.82) is 0 Å². The highest BCUT2D eigenvalue weighted by Gasteiger charge is 2.34. The Bertz CT molecular complexity index is 1140. The van der Waals surface area contributed by atoms with Gasteiger partial charge in [-0.2, -0.15) is 5.10 Å². The lowest BCUT2D eigenvalue weighted by Gasteiger charge is -2.24. The van der Waals surface area contributed by atoms with Crippen LogP contribution in [0, 0.1) is 6.92 Å². The SMILES string of the molecule is COc1ccc(Cl)c(NC(=O)C2CC(=O)Nc3c(C)c(-c4ccc(Cl)cc4)nn32)c1. The van der Waals surface area contributed by atoms with Crippen molar-refractivity contribution in [3.8, 4) is 17.0 Å². The van der Waals surface area contributed by atoms with Gasteiger partial charge in [-0.25, -0.2) is 4.68 Å². The summed E-state index contributed by atoms with van der Waals surface area (Å²) in [5.41, 5.74) is 2.67. The lowest BCUT2D eigenvalue weighted by Crippen LogP contribution is -2.36. The predicted molar refractivity (Wildman–Crippen MR) is 116 cm³/mol. The number of nitrogens with zero attached hydrogens (tertiary/aromatic N) is 2. The molecule has 0 spiro atoms. The maximum absolute atomic E-state index is 13.1. The summed E-state index contributed by atoms with van der Waals surface area (Å²) in [4.78, 5) is 25.4. The average molecular weight is 445 g/mol. The number of hydrogen-bond donors (Lipinski definition) is 2. The van der Waals surface area contributed by atoms with Crippen molar-refractivity contribution in [3.05, 3.63) is 58.1 Å². The normalized spacial score (nSPS) is 15.3. The molecular weight excluding hydrogens is 427 g/mol. The first kappa shape index (κ1) is 20.3. The zero-order valence-corrected chi connectivity index (χ0v) is 17.7. The van der Waals surface area contributed by atoms with E-state index in [0.717, 1.165) is 11.1 Å². The molecule has 7 nitrogen and oxygen atoms in total. The molecule has 9 heteroatoms. The largest absolute Gasteiger partial charge is 0.497 e. The number of rotatable bonds is 4. The summed E-state index contributed by atoms with van der Waals surface area (Å²) >= 11 is 12.2. The van der Waals surface area contributed by atoms with Crippen molar-refractivity contribution in [2.45, 2.75) is 19.4 Å². The van der Waals surface area contributed by atoms with Crippen LogP contribution in [-0.2, 0) is 9.59 Å². The maximum atomic E-state index is 13.1. The van der Waals surface area contributed by atoms with E-state index in [1.165, 1.54) is 7.11 Å². The van der Waals surface area contributed by atoms with Gasteiger partial charge < -0.3 is 15.4 Å². The van der Waals surface area contributed by atoms with Crippen LogP contribution in [0.4, 0.5) is 11.5 Å². The van der Waals surface area contributed by atoms with E-state index >= 15 is 0 Å². The lowest BCUT2D eigenvalue weighted by molar-refractivity contribution is -0.125. The second-order valence-electron chi connectivity index (χ2n) is 6.88. The highest BCUT2D eigenvalue weighted by molar-refractivity contribution is 6.33. The number of methoxy groups -OCH3 is 1. The summed E-state index contributed by atoms with van der Waals surface area (Å²) in [5.74, 6) is 0.390. The lowest BCUT2D eigenvalue weighted by atomic mass is 10.1. The number of carbonyl (C=O) groups excluding carboxylic acids is 2. The second kappa shape index (κ2) is 8.01. The van der Waals surface area contributed by atoms with Gasteiger partial charge in [-0.05, 0) is 31.2 Å². The Kier molecular flexibility index (Phi) is 5.40. The number of hydrogen-bond acceptors (Lipinski definition) is 4. The number of halogens is 2. The van der Waals surface area contributed by atoms with Gasteiger partial charge in [-0.3, -0.25) is 9.59 Å². The molecule has 2 amide bonds. The molecule has 154 valence electrons. The van der Waals surface area contributed by atoms with E-state index in [0.29, 0.717) is 33.0 Å². The molecule has 1 aliphatic heterocycles. The minimum atomic E-state index is -0.823. The van der Waals surface area contributed by atoms with Gasteiger partial charge in [-0.15, -0.1) is 0 Å². The third-order valence-electron chi connectivity index (χ3n) is 4.93. The van der Waals surface area contributed by atoms with Crippen molar-refractivity contribution in [2.24, 2.45) is 0 Å². The van der Waals surface area contributed by atoms with Crippen LogP contribution in [0.25, 0.3) is 11.3 Å². The van der Waals surface area contributed by atoms with Gasteiger partial charge in [-0.1, -0.05) is 35.3 Å². The quantitative estimate of drug-likeness (QED) is 0.610. The van der Waals surface area contributed by atoms with Gasteiger partial charge in [0.05, 0.1) is 29.9 Å². The number of ether oxygens (including phenoxy) is 1. The summed E-state index contributed by atoms with van der Waals surface area (Å²) in [6, 6.07) is 11.3. The number of nitrogens with one attached hydrogen (secondary N) is 2. The van der Waals surface area contributed by atoms with E-state index in [2.05, 4.69) is 15.7 Å². The Hall–Kier alpha value is -3.03. The first-order valence-corrected chi connectivity index (χ1v) is 9.92. The van der Waals surface area contributed by atoms with E-state index in [1.54, 1.807) is 35.0 Å². The number of amides is 2. The monoisotopic (exact) mass is 444 g/mol. The van der Waals surface area contributed by atoms with Crippen LogP contribution >= 0.6 is 23.2 Å². The van der Waals surface area contributed by atoms with E-state index < -0.39 is 11.9 Å². The van der Waals surface area contributed by atoms with Crippen LogP contribution in [0.2, 0.25) is 10.0 Å².